The van der Waals surface area contributed by atoms with Gasteiger partial charge < -0.3 is 5.73 Å². The molecule has 1 unspecified atom stereocenters. The van der Waals surface area contributed by atoms with Gasteiger partial charge in [-0.1, -0.05) is 0 Å². The Bertz CT molecular complexity index is 338. The zero-order valence-electron chi connectivity index (χ0n) is 6.99. The highest BCUT2D eigenvalue weighted by molar-refractivity contribution is 7.12. The van der Waals surface area contributed by atoms with Crippen LogP contribution in [0, 0.1) is 0 Å². The van der Waals surface area contributed by atoms with E-state index >= 15 is 0 Å². The fourth-order valence-corrected chi connectivity index (χ4v) is 1.74. The van der Waals surface area contributed by atoms with Gasteiger partial charge in [-0.3, -0.25) is 0 Å². The van der Waals surface area contributed by atoms with Gasteiger partial charge in [-0.25, -0.2) is 0 Å². The predicted molar refractivity (Wildman–Crippen MR) is 42.3 cm³/mol. The van der Waals surface area contributed by atoms with Gasteiger partial charge in [0.25, 0.3) is 0 Å². The molecule has 0 aliphatic carbocycles. The van der Waals surface area contributed by atoms with Gasteiger partial charge in [0.15, 0.2) is 0 Å². The quantitative estimate of drug-likeness (QED) is 0.759. The second-order valence-electron chi connectivity index (χ2n) is 2.72. The van der Waals surface area contributed by atoms with Crippen LogP contribution in [0.1, 0.15) is 15.8 Å². The van der Waals surface area contributed by atoms with Crippen LogP contribution in [0.2, 0.25) is 0 Å². The van der Waals surface area contributed by atoms with E-state index in [1.165, 1.54) is 0 Å². The van der Waals surface area contributed by atoms with Crippen molar-refractivity contribution in [3.63, 3.8) is 0 Å². The SMILES string of the molecule is NC(c1ccc(C(F)(F)F)s1)C(F)(F)F. The molecule has 1 aromatic rings. The van der Waals surface area contributed by atoms with E-state index in [0.29, 0.717) is 6.07 Å². The average Bonchev–Trinajstić information content (AvgIpc) is 2.47. The fourth-order valence-electron chi connectivity index (χ4n) is 0.834. The van der Waals surface area contributed by atoms with Crippen LogP contribution < -0.4 is 5.73 Å². The van der Waals surface area contributed by atoms with Crippen LogP contribution in [0.15, 0.2) is 12.1 Å². The second-order valence-corrected chi connectivity index (χ2v) is 3.83. The molecule has 0 amide bonds. The van der Waals surface area contributed by atoms with Crippen molar-refractivity contribution in [2.24, 2.45) is 5.73 Å². The van der Waals surface area contributed by atoms with Crippen molar-refractivity contribution >= 4 is 11.3 Å². The number of hydrogen-bond acceptors (Lipinski definition) is 2. The topological polar surface area (TPSA) is 26.0 Å². The first kappa shape index (κ1) is 12.3. The summed E-state index contributed by atoms with van der Waals surface area (Å²) in [5.41, 5.74) is 4.75. The number of halogens is 6. The number of hydrogen-bond donors (Lipinski definition) is 1. The largest absolute Gasteiger partial charge is 0.425 e. The Balaban J connectivity index is 2.95. The molecule has 0 aliphatic heterocycles. The van der Waals surface area contributed by atoms with Gasteiger partial charge in [0, 0.05) is 4.88 Å². The van der Waals surface area contributed by atoms with E-state index < -0.39 is 28.1 Å². The number of alkyl halides is 6. The molecule has 0 aromatic carbocycles. The summed E-state index contributed by atoms with van der Waals surface area (Å²) in [4.78, 5) is -1.63. The summed E-state index contributed by atoms with van der Waals surface area (Å²) >= 11 is 0.00479. The van der Waals surface area contributed by atoms with E-state index in [2.05, 4.69) is 0 Å². The van der Waals surface area contributed by atoms with E-state index in [1.54, 1.807) is 0 Å². The maximum atomic E-state index is 12.0. The lowest BCUT2D eigenvalue weighted by Crippen LogP contribution is -2.27. The molecule has 0 bridgehead atoms. The smallest absolute Gasteiger partial charge is 0.316 e. The lowest BCUT2D eigenvalue weighted by molar-refractivity contribution is -0.148. The lowest BCUT2D eigenvalue weighted by atomic mass is 10.2. The molecule has 0 aliphatic rings. The molecule has 0 saturated heterocycles. The molecular weight excluding hydrogens is 244 g/mol. The molecular formula is C7H5F6NS. The van der Waals surface area contributed by atoms with Crippen LogP contribution in [-0.4, -0.2) is 6.18 Å². The van der Waals surface area contributed by atoms with Crippen LogP contribution >= 0.6 is 11.3 Å². The predicted octanol–water partition coefficient (Wildman–Crippen LogP) is 3.33. The maximum absolute atomic E-state index is 12.0. The zero-order valence-corrected chi connectivity index (χ0v) is 7.80. The molecule has 1 aromatic heterocycles. The van der Waals surface area contributed by atoms with E-state index in [4.69, 9.17) is 5.73 Å². The molecule has 0 spiro atoms. The van der Waals surface area contributed by atoms with Crippen LogP contribution in [0.4, 0.5) is 26.3 Å². The molecule has 1 heterocycles. The molecule has 15 heavy (non-hydrogen) atoms. The second kappa shape index (κ2) is 3.67. The molecule has 8 heteroatoms. The summed E-state index contributed by atoms with van der Waals surface area (Å²) in [6.07, 6.45) is -9.36. The summed E-state index contributed by atoms with van der Waals surface area (Å²) < 4.78 is 72.3. The van der Waals surface area contributed by atoms with Crippen molar-refractivity contribution in [2.75, 3.05) is 0 Å². The van der Waals surface area contributed by atoms with Crippen LogP contribution in [0.3, 0.4) is 0 Å². The lowest BCUT2D eigenvalue weighted by Gasteiger charge is -2.13. The highest BCUT2D eigenvalue weighted by Crippen LogP contribution is 2.39. The van der Waals surface area contributed by atoms with Crippen LogP contribution in [0.25, 0.3) is 0 Å². The highest BCUT2D eigenvalue weighted by Gasteiger charge is 2.40. The van der Waals surface area contributed by atoms with Crippen molar-refractivity contribution in [2.45, 2.75) is 18.4 Å². The minimum atomic E-state index is -4.73. The summed E-state index contributed by atoms with van der Waals surface area (Å²) in [6, 6.07) is -1.03. The monoisotopic (exact) mass is 249 g/mol. The number of nitrogens with two attached hydrogens (primary N) is 1. The van der Waals surface area contributed by atoms with Gasteiger partial charge >= 0.3 is 12.4 Å². The first-order valence-electron chi connectivity index (χ1n) is 3.61. The van der Waals surface area contributed by atoms with Gasteiger partial charge in [0.2, 0.25) is 0 Å². The molecule has 0 radical (unpaired) electrons. The standard InChI is InChI=1S/C7H5F6NS/c8-6(9,10)4-2-1-3(15-4)5(14)7(11,12)13/h1-2,5H,14H2. The molecule has 0 saturated carbocycles. The van der Waals surface area contributed by atoms with Crippen LogP contribution in [0.5, 0.6) is 0 Å². The normalized spacial score (nSPS) is 15.4. The van der Waals surface area contributed by atoms with E-state index in [0.717, 1.165) is 6.07 Å². The Morgan fingerprint density at radius 3 is 1.93 bits per heavy atom. The Labute approximate surface area is 84.5 Å². The summed E-state index contributed by atoms with van der Waals surface area (Å²) in [5.74, 6) is 0. The van der Waals surface area contributed by atoms with E-state index in [9.17, 15) is 26.3 Å². The van der Waals surface area contributed by atoms with Crippen molar-refractivity contribution in [1.29, 1.82) is 0 Å². The first-order chi connectivity index (χ1) is 6.62. The van der Waals surface area contributed by atoms with Crippen LogP contribution in [-0.2, 0) is 6.18 Å². The summed E-state index contributed by atoms with van der Waals surface area (Å²) in [7, 11) is 0. The Morgan fingerprint density at radius 2 is 1.60 bits per heavy atom. The Kier molecular flexibility index (Phi) is 3.01. The van der Waals surface area contributed by atoms with Gasteiger partial charge in [-0.05, 0) is 12.1 Å². The minimum absolute atomic E-state index is 0.00479. The molecule has 0 fully saturated rings. The van der Waals surface area contributed by atoms with Crippen molar-refractivity contribution in [1.82, 2.24) is 0 Å². The van der Waals surface area contributed by atoms with E-state index in [1.807, 2.05) is 0 Å². The Morgan fingerprint density at radius 1 is 1.07 bits per heavy atom. The summed E-state index contributed by atoms with van der Waals surface area (Å²) in [6.45, 7) is 0. The molecule has 1 nitrogen and oxygen atoms in total. The average molecular weight is 249 g/mol. The van der Waals surface area contributed by atoms with Gasteiger partial charge in [-0.2, -0.15) is 26.3 Å². The third kappa shape index (κ3) is 2.85. The maximum Gasteiger partial charge on any atom is 0.425 e. The van der Waals surface area contributed by atoms with Crippen molar-refractivity contribution < 1.29 is 26.3 Å². The molecule has 86 valence electrons. The third-order valence-corrected chi connectivity index (χ3v) is 2.78. The van der Waals surface area contributed by atoms with Gasteiger partial charge in [0.05, 0.1) is 0 Å². The number of thiophene rings is 1. The zero-order chi connectivity index (χ0) is 11.9. The number of rotatable bonds is 1. The summed E-state index contributed by atoms with van der Waals surface area (Å²) in [5, 5.41) is 0. The molecule has 2 N–H and O–H groups in total. The Hall–Kier alpha value is -0.760. The highest BCUT2D eigenvalue weighted by atomic mass is 32.1. The van der Waals surface area contributed by atoms with Crippen molar-refractivity contribution in [3.05, 3.63) is 21.9 Å². The third-order valence-electron chi connectivity index (χ3n) is 1.57. The first-order valence-corrected chi connectivity index (χ1v) is 4.43. The fraction of sp³-hybridized carbons (Fsp3) is 0.429. The van der Waals surface area contributed by atoms with Gasteiger partial charge in [0.1, 0.15) is 10.9 Å². The molecule has 1 atom stereocenters. The molecule has 1 rings (SSSR count). The minimum Gasteiger partial charge on any atom is -0.316 e. The van der Waals surface area contributed by atoms with E-state index in [-0.39, 0.29) is 11.3 Å². The van der Waals surface area contributed by atoms with Gasteiger partial charge in [-0.15, -0.1) is 11.3 Å². The van der Waals surface area contributed by atoms with Crippen molar-refractivity contribution in [3.8, 4) is 0 Å².